The molecule has 2 heterocycles. The number of likely N-dealkylation sites (tertiary alicyclic amines) is 1. The first-order valence-corrected chi connectivity index (χ1v) is 7.33. The van der Waals surface area contributed by atoms with Gasteiger partial charge in [0.2, 0.25) is 5.91 Å². The number of aliphatic hydroxyl groups excluding tert-OH is 1. The summed E-state index contributed by atoms with van der Waals surface area (Å²) < 4.78 is 39.3. The molecule has 2 atom stereocenters. The number of aromatic nitrogens is 3. The number of alkyl halides is 3. The molecule has 1 saturated heterocycles. The Morgan fingerprint density at radius 1 is 1.29 bits per heavy atom. The minimum Gasteiger partial charge on any atom is -0.391 e. The van der Waals surface area contributed by atoms with Gasteiger partial charge in [0.05, 0.1) is 23.9 Å². The fourth-order valence-corrected chi connectivity index (χ4v) is 2.85. The van der Waals surface area contributed by atoms with E-state index in [0.717, 1.165) is 12.1 Å². The second-order valence-electron chi connectivity index (χ2n) is 5.67. The van der Waals surface area contributed by atoms with Gasteiger partial charge in [-0.15, -0.1) is 5.10 Å². The van der Waals surface area contributed by atoms with Crippen molar-refractivity contribution in [2.24, 2.45) is 0 Å². The maximum Gasteiger partial charge on any atom is 0.416 e. The molecule has 2 aromatic rings. The molecule has 1 amide bonds. The molecule has 6 nitrogen and oxygen atoms in total. The number of nitrogens with zero attached hydrogens (tertiary/aromatic N) is 4. The molecule has 0 spiro atoms. The summed E-state index contributed by atoms with van der Waals surface area (Å²) in [4.78, 5) is 13.9. The highest BCUT2D eigenvalue weighted by molar-refractivity contribution is 5.77. The third-order valence-corrected chi connectivity index (χ3v) is 3.99. The van der Waals surface area contributed by atoms with Crippen molar-refractivity contribution in [3.8, 4) is 0 Å². The fourth-order valence-electron chi connectivity index (χ4n) is 2.85. The van der Waals surface area contributed by atoms with Crippen molar-refractivity contribution in [1.82, 2.24) is 19.9 Å². The van der Waals surface area contributed by atoms with Gasteiger partial charge in [-0.2, -0.15) is 13.2 Å². The van der Waals surface area contributed by atoms with Gasteiger partial charge in [-0.05, 0) is 24.1 Å². The maximum absolute atomic E-state index is 12.7. The largest absolute Gasteiger partial charge is 0.416 e. The van der Waals surface area contributed by atoms with E-state index in [0.29, 0.717) is 5.56 Å². The van der Waals surface area contributed by atoms with Crippen molar-refractivity contribution in [2.45, 2.75) is 31.3 Å². The predicted molar refractivity (Wildman–Crippen MR) is 76.5 cm³/mol. The number of β-amino-alcohol motifs (C(OH)–C–C–N with tert-alkyl or cyclic N) is 1. The van der Waals surface area contributed by atoms with Crippen LogP contribution in [-0.4, -0.2) is 43.6 Å². The van der Waals surface area contributed by atoms with Crippen molar-refractivity contribution in [3.63, 3.8) is 0 Å². The van der Waals surface area contributed by atoms with E-state index in [4.69, 9.17) is 0 Å². The van der Waals surface area contributed by atoms with Crippen molar-refractivity contribution >= 4 is 5.91 Å². The minimum absolute atomic E-state index is 0.0378. The minimum atomic E-state index is -4.41. The van der Waals surface area contributed by atoms with Crippen LogP contribution >= 0.6 is 0 Å². The molecule has 0 aliphatic carbocycles. The average molecular weight is 340 g/mol. The van der Waals surface area contributed by atoms with Gasteiger partial charge in [0.1, 0.15) is 6.54 Å². The Labute approximate surface area is 135 Å². The van der Waals surface area contributed by atoms with Gasteiger partial charge in [-0.1, -0.05) is 17.3 Å². The summed E-state index contributed by atoms with van der Waals surface area (Å²) in [5, 5.41) is 17.2. The smallest absolute Gasteiger partial charge is 0.391 e. The molecule has 0 bridgehead atoms. The number of aliphatic hydroxyl groups is 1. The Balaban J connectivity index is 1.78. The van der Waals surface area contributed by atoms with Gasteiger partial charge in [0, 0.05) is 12.7 Å². The highest BCUT2D eigenvalue weighted by atomic mass is 19.4. The van der Waals surface area contributed by atoms with E-state index in [1.54, 1.807) is 0 Å². The summed E-state index contributed by atoms with van der Waals surface area (Å²) in [5.74, 6) is -0.276. The van der Waals surface area contributed by atoms with Gasteiger partial charge in [0.25, 0.3) is 0 Å². The van der Waals surface area contributed by atoms with Gasteiger partial charge in [0.15, 0.2) is 0 Å². The Bertz CT molecular complexity index is 701. The molecule has 128 valence electrons. The molecule has 1 aromatic carbocycles. The van der Waals surface area contributed by atoms with Crippen molar-refractivity contribution in [2.75, 3.05) is 6.54 Å². The van der Waals surface area contributed by atoms with Gasteiger partial charge >= 0.3 is 6.18 Å². The van der Waals surface area contributed by atoms with E-state index >= 15 is 0 Å². The van der Waals surface area contributed by atoms with Crippen LogP contribution in [0.5, 0.6) is 0 Å². The van der Waals surface area contributed by atoms with Crippen LogP contribution in [-0.2, 0) is 17.5 Å². The Kier molecular flexibility index (Phi) is 4.27. The highest BCUT2D eigenvalue weighted by Gasteiger charge is 2.36. The number of amides is 1. The number of halogens is 3. The zero-order valence-electron chi connectivity index (χ0n) is 12.5. The zero-order valence-corrected chi connectivity index (χ0v) is 12.5. The molecular formula is C15H15F3N4O2. The summed E-state index contributed by atoms with van der Waals surface area (Å²) in [6, 6.07) is 4.21. The number of hydrogen-bond acceptors (Lipinski definition) is 4. The van der Waals surface area contributed by atoms with Crippen molar-refractivity contribution in [1.29, 1.82) is 0 Å². The number of carbonyl (C=O) groups is 1. The van der Waals surface area contributed by atoms with Crippen LogP contribution in [0.1, 0.15) is 23.6 Å². The standard InChI is InChI=1S/C15H15F3N4O2/c16-15(17,18)11-3-1-10(2-4-11)13-7-12(23)8-22(13)14(24)9-21-6-5-19-20-21/h1-6,12-13,23H,7-9H2/t12-,13-/m1/s1. The number of carbonyl (C=O) groups excluding carboxylic acids is 1. The quantitative estimate of drug-likeness (QED) is 0.922. The average Bonchev–Trinajstić information content (AvgIpc) is 3.16. The molecule has 9 heteroatoms. The molecular weight excluding hydrogens is 325 g/mol. The third kappa shape index (κ3) is 3.40. The second-order valence-corrected chi connectivity index (χ2v) is 5.67. The molecule has 1 aliphatic rings. The normalized spacial score (nSPS) is 21.2. The molecule has 0 saturated carbocycles. The summed E-state index contributed by atoms with van der Waals surface area (Å²) in [6.07, 6.45) is -1.85. The lowest BCUT2D eigenvalue weighted by atomic mass is 10.0. The van der Waals surface area contributed by atoms with Crippen LogP contribution in [0.2, 0.25) is 0 Å². The van der Waals surface area contributed by atoms with Crippen LogP contribution in [0.25, 0.3) is 0 Å². The Hall–Kier alpha value is -2.42. The molecule has 1 N–H and O–H groups in total. The third-order valence-electron chi connectivity index (χ3n) is 3.99. The second kappa shape index (κ2) is 6.23. The Morgan fingerprint density at radius 2 is 2.00 bits per heavy atom. The Morgan fingerprint density at radius 3 is 2.58 bits per heavy atom. The number of benzene rings is 1. The lowest BCUT2D eigenvalue weighted by Crippen LogP contribution is -2.34. The topological polar surface area (TPSA) is 71.2 Å². The first-order chi connectivity index (χ1) is 11.3. The number of rotatable bonds is 3. The maximum atomic E-state index is 12.7. The van der Waals surface area contributed by atoms with E-state index < -0.39 is 23.9 Å². The van der Waals surface area contributed by atoms with Crippen LogP contribution in [0.3, 0.4) is 0 Å². The lowest BCUT2D eigenvalue weighted by Gasteiger charge is -2.25. The highest BCUT2D eigenvalue weighted by Crippen LogP contribution is 2.35. The first-order valence-electron chi connectivity index (χ1n) is 7.33. The molecule has 0 unspecified atom stereocenters. The fraction of sp³-hybridized carbons (Fsp3) is 0.400. The molecule has 1 fully saturated rings. The molecule has 0 radical (unpaired) electrons. The summed E-state index contributed by atoms with van der Waals surface area (Å²) in [6.45, 7) is 0.100. The van der Waals surface area contributed by atoms with E-state index in [9.17, 15) is 23.1 Å². The van der Waals surface area contributed by atoms with Gasteiger partial charge in [-0.3, -0.25) is 4.79 Å². The van der Waals surface area contributed by atoms with Crippen LogP contribution in [0, 0.1) is 0 Å². The molecule has 1 aliphatic heterocycles. The zero-order chi connectivity index (χ0) is 17.3. The predicted octanol–water partition coefficient (Wildman–Crippen LogP) is 1.63. The first kappa shape index (κ1) is 16.4. The van der Waals surface area contributed by atoms with Crippen molar-refractivity contribution in [3.05, 3.63) is 47.8 Å². The van der Waals surface area contributed by atoms with Crippen LogP contribution < -0.4 is 0 Å². The van der Waals surface area contributed by atoms with Crippen LogP contribution in [0.4, 0.5) is 13.2 Å². The summed E-state index contributed by atoms with van der Waals surface area (Å²) >= 11 is 0. The summed E-state index contributed by atoms with van der Waals surface area (Å²) in [5.41, 5.74) is -0.184. The molecule has 3 rings (SSSR count). The van der Waals surface area contributed by atoms with E-state index in [2.05, 4.69) is 10.3 Å². The van der Waals surface area contributed by atoms with E-state index in [-0.39, 0.29) is 25.4 Å². The number of hydrogen-bond donors (Lipinski definition) is 1. The van der Waals surface area contributed by atoms with Crippen molar-refractivity contribution < 1.29 is 23.1 Å². The summed E-state index contributed by atoms with van der Waals surface area (Å²) in [7, 11) is 0. The van der Waals surface area contributed by atoms with Gasteiger partial charge < -0.3 is 10.0 Å². The van der Waals surface area contributed by atoms with E-state index in [1.807, 2.05) is 0 Å². The monoisotopic (exact) mass is 340 g/mol. The SMILES string of the molecule is O=C(Cn1ccnn1)N1C[C@H](O)C[C@@H]1c1ccc(C(F)(F)F)cc1. The van der Waals surface area contributed by atoms with E-state index in [1.165, 1.54) is 34.1 Å². The lowest BCUT2D eigenvalue weighted by molar-refractivity contribution is -0.137. The van der Waals surface area contributed by atoms with Gasteiger partial charge in [-0.25, -0.2) is 4.68 Å². The van der Waals surface area contributed by atoms with Crippen LogP contribution in [0.15, 0.2) is 36.7 Å². The molecule has 1 aromatic heterocycles. The molecule has 24 heavy (non-hydrogen) atoms.